The van der Waals surface area contributed by atoms with Crippen LogP contribution in [0, 0.1) is 12.7 Å². The van der Waals surface area contributed by atoms with Gasteiger partial charge in [0.1, 0.15) is 17.2 Å². The lowest BCUT2D eigenvalue weighted by atomic mass is 9.92. The van der Waals surface area contributed by atoms with Gasteiger partial charge in [-0.05, 0) is 56.4 Å². The highest BCUT2D eigenvalue weighted by Gasteiger charge is 2.21. The van der Waals surface area contributed by atoms with Crippen LogP contribution in [0.1, 0.15) is 43.0 Å². The van der Waals surface area contributed by atoms with Crippen molar-refractivity contribution in [2.45, 2.75) is 38.6 Å². The molecule has 0 saturated heterocycles. The maximum absolute atomic E-state index is 13.3. The fourth-order valence-corrected chi connectivity index (χ4v) is 2.82. The van der Waals surface area contributed by atoms with Crippen molar-refractivity contribution in [3.63, 3.8) is 0 Å². The zero-order valence-corrected chi connectivity index (χ0v) is 11.1. The Morgan fingerprint density at radius 3 is 2.89 bits per heavy atom. The minimum Gasteiger partial charge on any atom is -0.459 e. The van der Waals surface area contributed by atoms with Crippen LogP contribution in [0.25, 0.3) is 11.0 Å². The molecule has 100 valence electrons. The molecule has 0 fully saturated rings. The van der Waals surface area contributed by atoms with Gasteiger partial charge in [-0.25, -0.2) is 4.39 Å². The van der Waals surface area contributed by atoms with Crippen LogP contribution in [0.5, 0.6) is 0 Å². The molecule has 1 aromatic heterocycles. The minimum absolute atomic E-state index is 0.198. The molecule has 1 heterocycles. The van der Waals surface area contributed by atoms with Gasteiger partial charge in [-0.3, -0.25) is 0 Å². The molecule has 1 unspecified atom stereocenters. The molecule has 0 spiro atoms. The topological polar surface area (TPSA) is 39.2 Å². The molecular formula is C16H18FNO. The number of furan rings is 1. The van der Waals surface area contributed by atoms with Crippen LogP contribution in [0.15, 0.2) is 34.3 Å². The van der Waals surface area contributed by atoms with E-state index in [1.807, 2.05) is 6.92 Å². The van der Waals surface area contributed by atoms with Crippen LogP contribution in [0.2, 0.25) is 0 Å². The van der Waals surface area contributed by atoms with Gasteiger partial charge in [0.25, 0.3) is 0 Å². The summed E-state index contributed by atoms with van der Waals surface area (Å²) in [5.74, 6) is 0.530. The molecule has 2 N–H and O–H groups in total. The second-order valence-electron chi connectivity index (χ2n) is 5.23. The van der Waals surface area contributed by atoms with Gasteiger partial charge in [0.15, 0.2) is 0 Å². The van der Waals surface area contributed by atoms with Crippen LogP contribution in [-0.2, 0) is 0 Å². The van der Waals surface area contributed by atoms with E-state index in [9.17, 15) is 4.39 Å². The summed E-state index contributed by atoms with van der Waals surface area (Å²) in [5.41, 5.74) is 9.22. The van der Waals surface area contributed by atoms with Gasteiger partial charge >= 0.3 is 0 Å². The van der Waals surface area contributed by atoms with E-state index in [1.54, 1.807) is 6.07 Å². The van der Waals surface area contributed by atoms with E-state index >= 15 is 0 Å². The molecule has 1 aliphatic rings. The quantitative estimate of drug-likeness (QED) is 0.813. The van der Waals surface area contributed by atoms with Crippen LogP contribution in [0.4, 0.5) is 4.39 Å². The summed E-state index contributed by atoms with van der Waals surface area (Å²) >= 11 is 0. The van der Waals surface area contributed by atoms with Gasteiger partial charge in [0.2, 0.25) is 0 Å². The zero-order valence-electron chi connectivity index (χ0n) is 11.1. The van der Waals surface area contributed by atoms with Crippen molar-refractivity contribution in [3.05, 3.63) is 47.0 Å². The lowest BCUT2D eigenvalue weighted by Crippen LogP contribution is -2.15. The van der Waals surface area contributed by atoms with E-state index in [-0.39, 0.29) is 11.9 Å². The first-order valence-corrected chi connectivity index (χ1v) is 6.80. The lowest BCUT2D eigenvalue weighted by molar-refractivity contribution is 0.503. The molecule has 1 atom stereocenters. The van der Waals surface area contributed by atoms with Crippen LogP contribution >= 0.6 is 0 Å². The Bertz CT molecular complexity index is 641. The molecule has 19 heavy (non-hydrogen) atoms. The highest BCUT2D eigenvalue weighted by molar-refractivity contribution is 5.82. The average molecular weight is 259 g/mol. The Labute approximate surface area is 112 Å². The van der Waals surface area contributed by atoms with Crippen molar-refractivity contribution < 1.29 is 8.81 Å². The van der Waals surface area contributed by atoms with Crippen molar-refractivity contribution in [3.8, 4) is 0 Å². The van der Waals surface area contributed by atoms with Crippen LogP contribution in [0.3, 0.4) is 0 Å². The van der Waals surface area contributed by atoms with Gasteiger partial charge in [-0.1, -0.05) is 6.08 Å². The molecule has 2 nitrogen and oxygen atoms in total. The normalized spacial score (nSPS) is 17.5. The number of hydrogen-bond donors (Lipinski definition) is 1. The van der Waals surface area contributed by atoms with E-state index in [0.29, 0.717) is 5.58 Å². The number of aryl methyl sites for hydroxylation is 1. The number of hydrogen-bond acceptors (Lipinski definition) is 2. The highest BCUT2D eigenvalue weighted by Crippen LogP contribution is 2.34. The van der Waals surface area contributed by atoms with Crippen LogP contribution in [-0.4, -0.2) is 0 Å². The molecule has 1 aromatic carbocycles. The summed E-state index contributed by atoms with van der Waals surface area (Å²) < 4.78 is 19.1. The summed E-state index contributed by atoms with van der Waals surface area (Å²) in [7, 11) is 0. The first-order chi connectivity index (χ1) is 9.16. The third kappa shape index (κ3) is 2.19. The number of rotatable bonds is 2. The molecule has 3 rings (SSSR count). The van der Waals surface area contributed by atoms with Crippen LogP contribution < -0.4 is 5.73 Å². The monoisotopic (exact) mass is 259 g/mol. The van der Waals surface area contributed by atoms with E-state index in [1.165, 1.54) is 30.5 Å². The summed E-state index contributed by atoms with van der Waals surface area (Å²) in [5, 5.41) is 0.821. The summed E-state index contributed by atoms with van der Waals surface area (Å²) in [6.45, 7) is 1.95. The molecule has 1 aliphatic carbocycles. The Kier molecular flexibility index (Phi) is 3.15. The van der Waals surface area contributed by atoms with E-state index in [4.69, 9.17) is 10.2 Å². The molecule has 0 aliphatic heterocycles. The Hall–Kier alpha value is -1.61. The van der Waals surface area contributed by atoms with Crippen molar-refractivity contribution in [2.24, 2.45) is 5.73 Å². The molecule has 0 saturated carbocycles. The predicted molar refractivity (Wildman–Crippen MR) is 74.4 cm³/mol. The first-order valence-electron chi connectivity index (χ1n) is 6.80. The number of fused-ring (bicyclic) bond motifs is 1. The van der Waals surface area contributed by atoms with E-state index in [0.717, 1.165) is 29.6 Å². The second-order valence-corrected chi connectivity index (χ2v) is 5.23. The molecule has 0 amide bonds. The molecular weight excluding hydrogens is 241 g/mol. The summed E-state index contributed by atoms with van der Waals surface area (Å²) in [6, 6.07) is 4.40. The Balaban J connectivity index is 2.05. The van der Waals surface area contributed by atoms with Gasteiger partial charge in [0.05, 0.1) is 6.04 Å². The SMILES string of the molecule is Cc1c(C(N)C2=CCCCC2)oc2ccc(F)cc12. The smallest absolute Gasteiger partial charge is 0.134 e. The second kappa shape index (κ2) is 4.82. The fraction of sp³-hybridized carbons (Fsp3) is 0.375. The molecule has 2 aromatic rings. The molecule has 0 radical (unpaired) electrons. The van der Waals surface area contributed by atoms with Crippen molar-refractivity contribution in [1.29, 1.82) is 0 Å². The number of halogens is 1. The number of nitrogens with two attached hydrogens (primary N) is 1. The first kappa shape index (κ1) is 12.4. The standard InChI is InChI=1S/C16H18FNO/c1-10-13-9-12(17)7-8-14(13)19-16(10)15(18)11-5-3-2-4-6-11/h5,7-9,15H,2-4,6,18H2,1H3. The predicted octanol–water partition coefficient (Wildman–Crippen LogP) is 4.38. The van der Waals surface area contributed by atoms with Gasteiger partial charge in [-0.15, -0.1) is 0 Å². The summed E-state index contributed by atoms with van der Waals surface area (Å²) in [6.07, 6.45) is 6.78. The maximum atomic E-state index is 13.3. The molecule has 3 heteroatoms. The van der Waals surface area contributed by atoms with Crippen molar-refractivity contribution >= 4 is 11.0 Å². The number of allylic oxidation sites excluding steroid dienone is 1. The van der Waals surface area contributed by atoms with Crippen molar-refractivity contribution in [2.75, 3.05) is 0 Å². The third-order valence-corrected chi connectivity index (χ3v) is 3.94. The highest BCUT2D eigenvalue weighted by atomic mass is 19.1. The average Bonchev–Trinajstić information content (AvgIpc) is 2.76. The fourth-order valence-electron chi connectivity index (χ4n) is 2.82. The summed E-state index contributed by atoms with van der Waals surface area (Å²) in [4.78, 5) is 0. The zero-order chi connectivity index (χ0) is 13.4. The lowest BCUT2D eigenvalue weighted by Gasteiger charge is -2.18. The largest absolute Gasteiger partial charge is 0.459 e. The third-order valence-electron chi connectivity index (χ3n) is 3.94. The van der Waals surface area contributed by atoms with E-state index < -0.39 is 0 Å². The van der Waals surface area contributed by atoms with Crippen molar-refractivity contribution in [1.82, 2.24) is 0 Å². The van der Waals surface area contributed by atoms with E-state index in [2.05, 4.69) is 6.08 Å². The van der Waals surface area contributed by atoms with Gasteiger partial charge in [0, 0.05) is 10.9 Å². The van der Waals surface area contributed by atoms with Gasteiger partial charge < -0.3 is 10.2 Å². The van der Waals surface area contributed by atoms with Gasteiger partial charge in [-0.2, -0.15) is 0 Å². The molecule has 0 bridgehead atoms. The Morgan fingerprint density at radius 1 is 1.32 bits per heavy atom. The number of benzene rings is 1. The maximum Gasteiger partial charge on any atom is 0.134 e. The minimum atomic E-state index is -0.242. The Morgan fingerprint density at radius 2 is 2.16 bits per heavy atom.